The summed E-state index contributed by atoms with van der Waals surface area (Å²) in [6, 6.07) is 0. The molecular formula is C10H18O2. The van der Waals surface area contributed by atoms with Crippen molar-refractivity contribution >= 4 is 5.97 Å². The molecule has 1 fully saturated rings. The van der Waals surface area contributed by atoms with Crippen LogP contribution in [0.2, 0.25) is 0 Å². The van der Waals surface area contributed by atoms with Crippen molar-refractivity contribution in [2.75, 3.05) is 0 Å². The molecule has 1 aliphatic rings. The quantitative estimate of drug-likeness (QED) is 0.706. The van der Waals surface area contributed by atoms with E-state index in [1.807, 2.05) is 13.8 Å². The number of carboxylic acid groups (broad SMARTS) is 1. The van der Waals surface area contributed by atoms with E-state index in [0.29, 0.717) is 5.92 Å². The first-order valence-electron chi connectivity index (χ1n) is 4.65. The molecule has 12 heavy (non-hydrogen) atoms. The third-order valence-corrected chi connectivity index (χ3v) is 2.85. The lowest BCUT2D eigenvalue weighted by Gasteiger charge is -2.36. The van der Waals surface area contributed by atoms with Gasteiger partial charge in [-0.25, -0.2) is 0 Å². The topological polar surface area (TPSA) is 37.3 Å². The first-order valence-corrected chi connectivity index (χ1v) is 4.65. The van der Waals surface area contributed by atoms with Gasteiger partial charge in [0.25, 0.3) is 0 Å². The fourth-order valence-corrected chi connectivity index (χ4v) is 2.04. The van der Waals surface area contributed by atoms with Crippen LogP contribution in [-0.2, 0) is 4.79 Å². The average Bonchev–Trinajstić information content (AvgIpc) is 1.83. The average molecular weight is 170 g/mol. The second-order valence-corrected chi connectivity index (χ2v) is 4.84. The standard InChI is InChI=1S/C10H18O2/c1-7-4-8(5-7)6-10(2,3)9(11)12/h7-8H,4-6H2,1-3H3,(H,11,12). The molecule has 1 saturated carbocycles. The summed E-state index contributed by atoms with van der Waals surface area (Å²) >= 11 is 0. The van der Waals surface area contributed by atoms with Crippen molar-refractivity contribution in [1.29, 1.82) is 0 Å². The minimum Gasteiger partial charge on any atom is -0.481 e. The first-order chi connectivity index (χ1) is 5.42. The highest BCUT2D eigenvalue weighted by atomic mass is 16.4. The zero-order chi connectivity index (χ0) is 9.35. The maximum atomic E-state index is 10.8. The third kappa shape index (κ3) is 1.99. The Bertz CT molecular complexity index is 178. The fraction of sp³-hybridized carbons (Fsp3) is 0.900. The Morgan fingerprint density at radius 1 is 1.50 bits per heavy atom. The zero-order valence-electron chi connectivity index (χ0n) is 8.13. The summed E-state index contributed by atoms with van der Waals surface area (Å²) in [7, 11) is 0. The number of rotatable bonds is 3. The summed E-state index contributed by atoms with van der Waals surface area (Å²) in [4.78, 5) is 10.8. The van der Waals surface area contributed by atoms with E-state index < -0.39 is 11.4 Å². The molecule has 70 valence electrons. The highest BCUT2D eigenvalue weighted by Crippen LogP contribution is 2.40. The van der Waals surface area contributed by atoms with E-state index in [4.69, 9.17) is 5.11 Å². The summed E-state index contributed by atoms with van der Waals surface area (Å²) in [6.45, 7) is 5.86. The molecule has 1 aliphatic carbocycles. The minimum atomic E-state index is -0.665. The Labute approximate surface area is 74.0 Å². The zero-order valence-corrected chi connectivity index (χ0v) is 8.13. The van der Waals surface area contributed by atoms with Crippen molar-refractivity contribution in [3.63, 3.8) is 0 Å². The van der Waals surface area contributed by atoms with E-state index >= 15 is 0 Å². The van der Waals surface area contributed by atoms with Gasteiger partial charge in [-0.15, -0.1) is 0 Å². The van der Waals surface area contributed by atoms with E-state index in [2.05, 4.69) is 6.92 Å². The van der Waals surface area contributed by atoms with Crippen LogP contribution in [0.4, 0.5) is 0 Å². The monoisotopic (exact) mass is 170 g/mol. The Balaban J connectivity index is 2.35. The van der Waals surface area contributed by atoms with Crippen molar-refractivity contribution in [2.45, 2.75) is 40.0 Å². The molecule has 0 saturated heterocycles. The lowest BCUT2D eigenvalue weighted by molar-refractivity contribution is -0.148. The van der Waals surface area contributed by atoms with Gasteiger partial charge in [0.05, 0.1) is 5.41 Å². The lowest BCUT2D eigenvalue weighted by atomic mass is 9.68. The molecule has 0 heterocycles. The Morgan fingerprint density at radius 3 is 2.33 bits per heavy atom. The molecule has 0 amide bonds. The number of carbonyl (C=O) groups is 1. The maximum Gasteiger partial charge on any atom is 0.309 e. The largest absolute Gasteiger partial charge is 0.481 e. The predicted octanol–water partition coefficient (Wildman–Crippen LogP) is 2.53. The number of hydrogen-bond donors (Lipinski definition) is 1. The van der Waals surface area contributed by atoms with Gasteiger partial charge in [0.15, 0.2) is 0 Å². The first kappa shape index (κ1) is 9.56. The Hall–Kier alpha value is -0.530. The van der Waals surface area contributed by atoms with Crippen LogP contribution in [0.15, 0.2) is 0 Å². The highest BCUT2D eigenvalue weighted by Gasteiger charge is 2.35. The summed E-state index contributed by atoms with van der Waals surface area (Å²) in [5.41, 5.74) is -0.523. The van der Waals surface area contributed by atoms with Gasteiger partial charge in [-0.1, -0.05) is 6.92 Å². The molecule has 0 radical (unpaired) electrons. The second kappa shape index (κ2) is 3.08. The van der Waals surface area contributed by atoms with Crippen molar-refractivity contribution in [2.24, 2.45) is 17.3 Å². The van der Waals surface area contributed by atoms with Crippen molar-refractivity contribution in [3.8, 4) is 0 Å². The lowest BCUT2D eigenvalue weighted by Crippen LogP contribution is -2.31. The SMILES string of the molecule is CC1CC(CC(C)(C)C(=O)O)C1. The maximum absolute atomic E-state index is 10.8. The number of aliphatic carboxylic acids is 1. The van der Waals surface area contributed by atoms with Gasteiger partial charge in [-0.2, -0.15) is 0 Å². The van der Waals surface area contributed by atoms with Crippen LogP contribution in [0.1, 0.15) is 40.0 Å². The predicted molar refractivity (Wildman–Crippen MR) is 47.9 cm³/mol. The molecule has 0 unspecified atom stereocenters. The van der Waals surface area contributed by atoms with Gasteiger partial charge in [0, 0.05) is 0 Å². The van der Waals surface area contributed by atoms with Crippen LogP contribution in [0.5, 0.6) is 0 Å². The second-order valence-electron chi connectivity index (χ2n) is 4.84. The van der Waals surface area contributed by atoms with Gasteiger partial charge < -0.3 is 5.11 Å². The summed E-state index contributed by atoms with van der Waals surface area (Å²) < 4.78 is 0. The van der Waals surface area contributed by atoms with E-state index in [0.717, 1.165) is 12.3 Å². The molecule has 0 aromatic rings. The molecule has 1 N–H and O–H groups in total. The van der Waals surface area contributed by atoms with E-state index in [-0.39, 0.29) is 0 Å². The van der Waals surface area contributed by atoms with Crippen LogP contribution in [0.3, 0.4) is 0 Å². The summed E-state index contributed by atoms with van der Waals surface area (Å²) in [6.07, 6.45) is 3.28. The van der Waals surface area contributed by atoms with Crippen LogP contribution in [0, 0.1) is 17.3 Å². The molecule has 1 rings (SSSR count). The van der Waals surface area contributed by atoms with Crippen molar-refractivity contribution < 1.29 is 9.90 Å². The molecule has 0 spiro atoms. The Kier molecular flexibility index (Phi) is 2.45. The van der Waals surface area contributed by atoms with Gasteiger partial charge in [0.1, 0.15) is 0 Å². The summed E-state index contributed by atoms with van der Waals surface area (Å²) in [5.74, 6) is 0.813. The van der Waals surface area contributed by atoms with Crippen molar-refractivity contribution in [1.82, 2.24) is 0 Å². The van der Waals surface area contributed by atoms with Crippen LogP contribution < -0.4 is 0 Å². The smallest absolute Gasteiger partial charge is 0.309 e. The number of hydrogen-bond acceptors (Lipinski definition) is 1. The Morgan fingerprint density at radius 2 is 2.00 bits per heavy atom. The van der Waals surface area contributed by atoms with Gasteiger partial charge in [-0.05, 0) is 44.9 Å². The minimum absolute atomic E-state index is 0.523. The highest BCUT2D eigenvalue weighted by molar-refractivity contribution is 5.73. The molecule has 0 bridgehead atoms. The molecule has 2 heteroatoms. The fourth-order valence-electron chi connectivity index (χ4n) is 2.04. The van der Waals surface area contributed by atoms with E-state index in [1.165, 1.54) is 12.8 Å². The van der Waals surface area contributed by atoms with Gasteiger partial charge >= 0.3 is 5.97 Å². The van der Waals surface area contributed by atoms with Gasteiger partial charge in [-0.3, -0.25) is 4.79 Å². The summed E-state index contributed by atoms with van der Waals surface area (Å²) in [5, 5.41) is 8.88. The van der Waals surface area contributed by atoms with E-state index in [1.54, 1.807) is 0 Å². The van der Waals surface area contributed by atoms with Gasteiger partial charge in [0.2, 0.25) is 0 Å². The normalized spacial score (nSPS) is 29.6. The molecule has 2 nitrogen and oxygen atoms in total. The molecule has 0 aliphatic heterocycles. The molecule has 0 aromatic heterocycles. The molecular weight excluding hydrogens is 152 g/mol. The van der Waals surface area contributed by atoms with Crippen LogP contribution >= 0.6 is 0 Å². The van der Waals surface area contributed by atoms with E-state index in [9.17, 15) is 4.79 Å². The van der Waals surface area contributed by atoms with Crippen LogP contribution in [0.25, 0.3) is 0 Å². The molecule has 0 atom stereocenters. The molecule has 0 aromatic carbocycles. The van der Waals surface area contributed by atoms with Crippen LogP contribution in [-0.4, -0.2) is 11.1 Å². The van der Waals surface area contributed by atoms with Crippen molar-refractivity contribution in [3.05, 3.63) is 0 Å². The number of carboxylic acids is 1. The third-order valence-electron chi connectivity index (χ3n) is 2.85.